The molecule has 0 aliphatic heterocycles. The number of carbonyl (C=O) groups is 2. The van der Waals surface area contributed by atoms with Gasteiger partial charge in [0, 0.05) is 13.1 Å². The van der Waals surface area contributed by atoms with Gasteiger partial charge in [0.2, 0.25) is 11.8 Å². The molecule has 3 aromatic rings. The molecule has 40 heavy (non-hydrogen) atoms. The molecule has 1 N–H and O–H groups in total. The Balaban J connectivity index is 2.03. The smallest absolute Gasteiger partial charge is 0.264 e. The van der Waals surface area contributed by atoms with Crippen molar-refractivity contribution in [3.05, 3.63) is 89.2 Å². The van der Waals surface area contributed by atoms with Gasteiger partial charge in [0.15, 0.2) is 0 Å². The van der Waals surface area contributed by atoms with Gasteiger partial charge in [-0.1, -0.05) is 55.8 Å². The highest BCUT2D eigenvalue weighted by Crippen LogP contribution is 2.32. The molecule has 214 valence electrons. The number of benzene rings is 3. The SMILES string of the molecule is COc1ccc(N(CC(=O)N(Cc2ccc(F)cc2)C(C)C(=O)NCC(C)C)S(=O)(=O)c2ccccc2)cc1Cl. The summed E-state index contributed by atoms with van der Waals surface area (Å²) in [5.74, 6) is -0.955. The zero-order valence-corrected chi connectivity index (χ0v) is 24.4. The van der Waals surface area contributed by atoms with Crippen molar-refractivity contribution in [1.29, 1.82) is 0 Å². The molecule has 0 radical (unpaired) electrons. The summed E-state index contributed by atoms with van der Waals surface area (Å²) >= 11 is 6.32. The van der Waals surface area contributed by atoms with Gasteiger partial charge in [0.05, 0.1) is 22.7 Å². The van der Waals surface area contributed by atoms with Crippen molar-refractivity contribution < 1.29 is 27.1 Å². The molecule has 3 rings (SSSR count). The minimum Gasteiger partial charge on any atom is -0.495 e. The average Bonchev–Trinajstić information content (AvgIpc) is 2.94. The lowest BCUT2D eigenvalue weighted by molar-refractivity contribution is -0.139. The maximum atomic E-state index is 13.9. The first kappa shape index (κ1) is 30.9. The summed E-state index contributed by atoms with van der Waals surface area (Å²) in [6.45, 7) is 5.19. The van der Waals surface area contributed by atoms with Crippen LogP contribution in [0.25, 0.3) is 0 Å². The minimum absolute atomic E-state index is 0.0254. The summed E-state index contributed by atoms with van der Waals surface area (Å²) in [4.78, 5) is 28.1. The number of hydrogen-bond acceptors (Lipinski definition) is 5. The Morgan fingerprint density at radius 2 is 1.65 bits per heavy atom. The molecular formula is C29H33ClFN3O5S. The van der Waals surface area contributed by atoms with Gasteiger partial charge in [0.25, 0.3) is 10.0 Å². The number of sulfonamides is 1. The predicted octanol–water partition coefficient (Wildman–Crippen LogP) is 4.87. The van der Waals surface area contributed by atoms with Crippen molar-refractivity contribution in [2.75, 3.05) is 24.5 Å². The summed E-state index contributed by atoms with van der Waals surface area (Å²) in [5, 5.41) is 2.98. The van der Waals surface area contributed by atoms with E-state index in [0.29, 0.717) is 17.9 Å². The Labute approximate surface area is 239 Å². The molecular weight excluding hydrogens is 557 g/mol. The summed E-state index contributed by atoms with van der Waals surface area (Å²) in [6.07, 6.45) is 0. The molecule has 0 spiro atoms. The van der Waals surface area contributed by atoms with Gasteiger partial charge in [-0.25, -0.2) is 12.8 Å². The Hall–Kier alpha value is -3.63. The largest absolute Gasteiger partial charge is 0.495 e. The van der Waals surface area contributed by atoms with Gasteiger partial charge in [-0.15, -0.1) is 0 Å². The van der Waals surface area contributed by atoms with Gasteiger partial charge in [-0.2, -0.15) is 0 Å². The van der Waals surface area contributed by atoms with Crippen LogP contribution < -0.4 is 14.4 Å². The van der Waals surface area contributed by atoms with Gasteiger partial charge in [-0.3, -0.25) is 13.9 Å². The van der Waals surface area contributed by atoms with Crippen molar-refractivity contribution in [2.45, 2.75) is 38.3 Å². The Morgan fingerprint density at radius 3 is 2.23 bits per heavy atom. The molecule has 0 aliphatic rings. The van der Waals surface area contributed by atoms with Gasteiger partial charge < -0.3 is 15.0 Å². The molecule has 0 heterocycles. The maximum absolute atomic E-state index is 13.9. The maximum Gasteiger partial charge on any atom is 0.264 e. The van der Waals surface area contributed by atoms with Crippen LogP contribution in [0.1, 0.15) is 26.3 Å². The van der Waals surface area contributed by atoms with Crippen LogP contribution in [0.5, 0.6) is 5.75 Å². The zero-order valence-electron chi connectivity index (χ0n) is 22.8. The van der Waals surface area contributed by atoms with Crippen LogP contribution in [0.3, 0.4) is 0 Å². The van der Waals surface area contributed by atoms with Crippen LogP contribution in [-0.4, -0.2) is 51.4 Å². The number of hydrogen-bond donors (Lipinski definition) is 1. The molecule has 1 atom stereocenters. The van der Waals surface area contributed by atoms with E-state index in [4.69, 9.17) is 16.3 Å². The van der Waals surface area contributed by atoms with Crippen molar-refractivity contribution in [2.24, 2.45) is 5.92 Å². The third-order valence-corrected chi connectivity index (χ3v) is 8.23. The first-order chi connectivity index (χ1) is 18.9. The number of carbonyl (C=O) groups excluding carboxylic acids is 2. The van der Waals surface area contributed by atoms with Crippen LogP contribution in [0.2, 0.25) is 5.02 Å². The highest BCUT2D eigenvalue weighted by atomic mass is 35.5. The second-order valence-electron chi connectivity index (χ2n) is 9.61. The van der Waals surface area contributed by atoms with Crippen LogP contribution in [0, 0.1) is 11.7 Å². The van der Waals surface area contributed by atoms with E-state index in [-0.39, 0.29) is 28.1 Å². The molecule has 1 unspecified atom stereocenters. The topological polar surface area (TPSA) is 96.0 Å². The van der Waals surface area contributed by atoms with E-state index in [1.807, 2.05) is 13.8 Å². The molecule has 0 saturated heterocycles. The number of rotatable bonds is 12. The molecule has 0 aromatic heterocycles. The van der Waals surface area contributed by atoms with Gasteiger partial charge >= 0.3 is 0 Å². The Bertz CT molecular complexity index is 1420. The third kappa shape index (κ3) is 7.73. The second kappa shape index (κ2) is 13.6. The normalized spacial score (nSPS) is 12.1. The monoisotopic (exact) mass is 589 g/mol. The van der Waals surface area contributed by atoms with E-state index in [0.717, 1.165) is 4.31 Å². The number of nitrogens with zero attached hydrogens (tertiary/aromatic N) is 2. The van der Waals surface area contributed by atoms with Crippen molar-refractivity contribution in [3.63, 3.8) is 0 Å². The number of amides is 2. The van der Waals surface area contributed by atoms with Gasteiger partial charge in [0.1, 0.15) is 24.2 Å². The summed E-state index contributed by atoms with van der Waals surface area (Å²) in [6, 6.07) is 16.7. The molecule has 0 saturated carbocycles. The molecule has 8 nitrogen and oxygen atoms in total. The fourth-order valence-electron chi connectivity index (χ4n) is 3.88. The number of halogens is 2. The quantitative estimate of drug-likeness (QED) is 0.325. The van der Waals surface area contributed by atoms with E-state index >= 15 is 0 Å². The first-order valence-electron chi connectivity index (χ1n) is 12.7. The van der Waals surface area contributed by atoms with Crippen LogP contribution in [0.15, 0.2) is 77.7 Å². The highest BCUT2D eigenvalue weighted by Gasteiger charge is 2.32. The zero-order chi connectivity index (χ0) is 29.4. The second-order valence-corrected chi connectivity index (χ2v) is 11.9. The van der Waals surface area contributed by atoms with Crippen molar-refractivity contribution in [1.82, 2.24) is 10.2 Å². The fourth-order valence-corrected chi connectivity index (χ4v) is 5.56. The van der Waals surface area contributed by atoms with E-state index in [1.54, 1.807) is 25.1 Å². The van der Waals surface area contributed by atoms with Crippen LogP contribution in [-0.2, 0) is 26.2 Å². The summed E-state index contributed by atoms with van der Waals surface area (Å²) in [5.41, 5.74) is 0.713. The first-order valence-corrected chi connectivity index (χ1v) is 14.5. The summed E-state index contributed by atoms with van der Waals surface area (Å²) < 4.78 is 47.3. The highest BCUT2D eigenvalue weighted by molar-refractivity contribution is 7.92. The molecule has 0 bridgehead atoms. The van der Waals surface area contributed by atoms with Crippen molar-refractivity contribution >= 4 is 39.1 Å². The Kier molecular flexibility index (Phi) is 10.5. The van der Waals surface area contributed by atoms with Crippen LogP contribution in [0.4, 0.5) is 10.1 Å². The number of nitrogens with one attached hydrogen (secondary N) is 1. The number of methoxy groups -OCH3 is 1. The molecule has 11 heteroatoms. The third-order valence-electron chi connectivity index (χ3n) is 6.15. The summed E-state index contributed by atoms with van der Waals surface area (Å²) in [7, 11) is -2.80. The minimum atomic E-state index is -4.23. The lowest BCUT2D eigenvalue weighted by Crippen LogP contribution is -2.51. The predicted molar refractivity (Wildman–Crippen MR) is 153 cm³/mol. The van der Waals surface area contributed by atoms with E-state index in [1.165, 1.54) is 66.6 Å². The Morgan fingerprint density at radius 1 is 1.00 bits per heavy atom. The van der Waals surface area contributed by atoms with E-state index in [9.17, 15) is 22.4 Å². The van der Waals surface area contributed by atoms with Crippen molar-refractivity contribution in [3.8, 4) is 5.75 Å². The standard InChI is InChI=1S/C29H33ClFN3O5S/c1-20(2)17-32-29(36)21(3)33(18-22-10-12-23(31)13-11-22)28(35)19-34(24-14-15-27(39-4)26(30)16-24)40(37,38)25-8-6-5-7-9-25/h5-16,20-21H,17-19H2,1-4H3,(H,32,36). The van der Waals surface area contributed by atoms with Gasteiger partial charge in [-0.05, 0) is 60.9 Å². The van der Waals surface area contributed by atoms with Crippen LogP contribution >= 0.6 is 11.6 Å². The van der Waals surface area contributed by atoms with E-state index < -0.39 is 40.2 Å². The lowest BCUT2D eigenvalue weighted by Gasteiger charge is -2.32. The molecule has 0 aliphatic carbocycles. The lowest BCUT2D eigenvalue weighted by atomic mass is 10.1. The van der Waals surface area contributed by atoms with E-state index in [2.05, 4.69) is 5.32 Å². The number of anilines is 1. The average molecular weight is 590 g/mol. The fraction of sp³-hybridized carbons (Fsp3) is 0.310. The molecule has 2 amide bonds. The molecule has 3 aromatic carbocycles. The number of ether oxygens (including phenoxy) is 1. The molecule has 0 fully saturated rings.